The van der Waals surface area contributed by atoms with Gasteiger partial charge in [-0.1, -0.05) is 6.08 Å². The van der Waals surface area contributed by atoms with Crippen LogP contribution in [0.15, 0.2) is 27.8 Å². The molecular formula is C16H18N2O3. The van der Waals surface area contributed by atoms with E-state index in [0.29, 0.717) is 23.3 Å². The van der Waals surface area contributed by atoms with Crippen molar-refractivity contribution in [2.24, 2.45) is 0 Å². The van der Waals surface area contributed by atoms with E-state index in [4.69, 9.17) is 4.74 Å². The van der Waals surface area contributed by atoms with Gasteiger partial charge in [-0.05, 0) is 45.4 Å². The summed E-state index contributed by atoms with van der Waals surface area (Å²) in [7, 11) is 0. The molecule has 0 amide bonds. The molecular weight excluding hydrogens is 268 g/mol. The summed E-state index contributed by atoms with van der Waals surface area (Å²) in [6.07, 6.45) is 2.03. The molecule has 0 fully saturated rings. The average Bonchev–Trinajstić information content (AvgIpc) is 2.37. The molecule has 0 saturated heterocycles. The second-order valence-electron chi connectivity index (χ2n) is 5.88. The summed E-state index contributed by atoms with van der Waals surface area (Å²) >= 11 is 0. The van der Waals surface area contributed by atoms with Crippen molar-refractivity contribution < 1.29 is 4.74 Å². The van der Waals surface area contributed by atoms with Crippen molar-refractivity contribution in [1.82, 2.24) is 9.55 Å². The zero-order chi connectivity index (χ0) is 15.4. The number of ether oxygens (including phenoxy) is 1. The molecule has 110 valence electrons. The van der Waals surface area contributed by atoms with Gasteiger partial charge in [0.05, 0.1) is 23.0 Å². The van der Waals surface area contributed by atoms with E-state index in [1.165, 1.54) is 0 Å². The Balaban J connectivity index is 2.55. The standard InChI is InChI=1S/C16H18N2O3/c1-5-21-10-6-11-9(2)8-16(3,4)18-13(11)12(7-10)14(19)17-15(18)20/h6-8H,5H2,1-4H3,(H,17,19,20). The lowest BCUT2D eigenvalue weighted by molar-refractivity contribution is 0.340. The summed E-state index contributed by atoms with van der Waals surface area (Å²) in [4.78, 5) is 26.8. The fourth-order valence-electron chi connectivity index (χ4n) is 3.12. The fourth-order valence-corrected chi connectivity index (χ4v) is 3.12. The van der Waals surface area contributed by atoms with E-state index in [2.05, 4.69) is 4.98 Å². The van der Waals surface area contributed by atoms with Crippen LogP contribution in [-0.4, -0.2) is 16.2 Å². The first-order valence-corrected chi connectivity index (χ1v) is 7.01. The number of hydrogen-bond donors (Lipinski definition) is 1. The van der Waals surface area contributed by atoms with Crippen molar-refractivity contribution >= 4 is 16.5 Å². The zero-order valence-corrected chi connectivity index (χ0v) is 12.6. The minimum atomic E-state index is -0.482. The number of benzene rings is 1. The van der Waals surface area contributed by atoms with E-state index in [-0.39, 0.29) is 11.2 Å². The molecule has 0 saturated carbocycles. The summed E-state index contributed by atoms with van der Waals surface area (Å²) in [5, 5.41) is 0.482. The van der Waals surface area contributed by atoms with E-state index in [9.17, 15) is 9.59 Å². The number of nitrogens with zero attached hydrogens (tertiary/aromatic N) is 1. The van der Waals surface area contributed by atoms with Crippen LogP contribution in [0.4, 0.5) is 0 Å². The van der Waals surface area contributed by atoms with Gasteiger partial charge in [0.15, 0.2) is 0 Å². The predicted octanol–water partition coefficient (Wildman–Crippen LogP) is 2.24. The number of aromatic nitrogens is 2. The average molecular weight is 286 g/mol. The molecule has 0 unspecified atom stereocenters. The van der Waals surface area contributed by atoms with Crippen molar-refractivity contribution in [3.63, 3.8) is 0 Å². The van der Waals surface area contributed by atoms with Gasteiger partial charge in [0.1, 0.15) is 5.75 Å². The maximum Gasteiger partial charge on any atom is 0.329 e. The van der Waals surface area contributed by atoms with Gasteiger partial charge >= 0.3 is 5.69 Å². The molecule has 1 aromatic carbocycles. The largest absolute Gasteiger partial charge is 0.494 e. The maximum atomic E-state index is 12.3. The zero-order valence-electron chi connectivity index (χ0n) is 12.6. The summed E-state index contributed by atoms with van der Waals surface area (Å²) in [6, 6.07) is 3.59. The minimum Gasteiger partial charge on any atom is -0.494 e. The molecule has 0 radical (unpaired) electrons. The van der Waals surface area contributed by atoms with Gasteiger partial charge in [-0.3, -0.25) is 14.3 Å². The minimum absolute atomic E-state index is 0.375. The Morgan fingerprint density at radius 2 is 2.00 bits per heavy atom. The Hall–Kier alpha value is -2.30. The molecule has 0 bridgehead atoms. The van der Waals surface area contributed by atoms with Gasteiger partial charge in [0.2, 0.25) is 0 Å². The molecule has 0 atom stereocenters. The van der Waals surface area contributed by atoms with Crippen LogP contribution in [0.5, 0.6) is 5.75 Å². The monoisotopic (exact) mass is 286 g/mol. The summed E-state index contributed by atoms with van der Waals surface area (Å²) in [5.41, 5.74) is 1.35. The lowest BCUT2D eigenvalue weighted by atomic mass is 9.91. The van der Waals surface area contributed by atoms with Crippen molar-refractivity contribution in [1.29, 1.82) is 0 Å². The molecule has 21 heavy (non-hydrogen) atoms. The van der Waals surface area contributed by atoms with Crippen LogP contribution in [0.2, 0.25) is 0 Å². The van der Waals surface area contributed by atoms with Crippen LogP contribution in [0, 0.1) is 0 Å². The number of hydrogen-bond acceptors (Lipinski definition) is 3. The lowest BCUT2D eigenvalue weighted by Gasteiger charge is -2.31. The van der Waals surface area contributed by atoms with Crippen LogP contribution in [0.3, 0.4) is 0 Å². The smallest absolute Gasteiger partial charge is 0.329 e. The first kappa shape index (κ1) is 13.7. The number of aromatic amines is 1. The molecule has 0 aliphatic carbocycles. The van der Waals surface area contributed by atoms with Gasteiger partial charge in [0, 0.05) is 5.56 Å². The van der Waals surface area contributed by atoms with E-state index in [1.54, 1.807) is 10.6 Å². The molecule has 1 N–H and O–H groups in total. The highest BCUT2D eigenvalue weighted by molar-refractivity contribution is 5.93. The normalized spacial score (nSPS) is 15.9. The Bertz CT molecular complexity index is 885. The highest BCUT2D eigenvalue weighted by Gasteiger charge is 2.29. The molecule has 2 heterocycles. The second kappa shape index (κ2) is 4.35. The third-order valence-electron chi connectivity index (χ3n) is 3.86. The van der Waals surface area contributed by atoms with Crippen LogP contribution in [-0.2, 0) is 5.54 Å². The first-order chi connectivity index (χ1) is 9.85. The topological polar surface area (TPSA) is 64.1 Å². The summed E-state index contributed by atoms with van der Waals surface area (Å²) < 4.78 is 7.18. The summed E-state index contributed by atoms with van der Waals surface area (Å²) in [6.45, 7) is 8.31. The first-order valence-electron chi connectivity index (χ1n) is 7.01. The Kier molecular flexibility index (Phi) is 2.83. The maximum absolute atomic E-state index is 12.3. The molecule has 0 spiro atoms. The number of rotatable bonds is 2. The van der Waals surface area contributed by atoms with Gasteiger partial charge < -0.3 is 4.74 Å². The molecule has 1 aliphatic rings. The van der Waals surface area contributed by atoms with Gasteiger partial charge in [-0.25, -0.2) is 4.79 Å². The third kappa shape index (κ3) is 1.92. The van der Waals surface area contributed by atoms with E-state index < -0.39 is 5.54 Å². The van der Waals surface area contributed by atoms with Crippen molar-refractivity contribution in [2.45, 2.75) is 33.2 Å². The van der Waals surface area contributed by atoms with Crippen LogP contribution >= 0.6 is 0 Å². The Morgan fingerprint density at radius 3 is 2.67 bits per heavy atom. The molecule has 5 heteroatoms. The highest BCUT2D eigenvalue weighted by atomic mass is 16.5. The van der Waals surface area contributed by atoms with Gasteiger partial charge in [-0.15, -0.1) is 0 Å². The van der Waals surface area contributed by atoms with Crippen LogP contribution in [0.25, 0.3) is 16.5 Å². The summed E-state index contributed by atoms with van der Waals surface area (Å²) in [5.74, 6) is 0.642. The van der Waals surface area contributed by atoms with Crippen LogP contribution < -0.4 is 16.0 Å². The quantitative estimate of drug-likeness (QED) is 0.921. The highest BCUT2D eigenvalue weighted by Crippen LogP contribution is 2.36. The molecule has 1 aliphatic heterocycles. The lowest BCUT2D eigenvalue weighted by Crippen LogP contribution is -2.41. The third-order valence-corrected chi connectivity index (χ3v) is 3.86. The molecule has 2 aromatic rings. The SMILES string of the molecule is CCOc1cc2c3c(c1)c(=O)[nH]c(=O)n3C(C)(C)C=C2C. The van der Waals surface area contributed by atoms with Gasteiger partial charge in [-0.2, -0.15) is 0 Å². The molecule has 5 nitrogen and oxygen atoms in total. The van der Waals surface area contributed by atoms with Crippen molar-refractivity contribution in [3.05, 3.63) is 44.6 Å². The van der Waals surface area contributed by atoms with Crippen LogP contribution in [0.1, 0.15) is 33.3 Å². The fraction of sp³-hybridized carbons (Fsp3) is 0.375. The molecule has 3 rings (SSSR count). The molecule has 1 aromatic heterocycles. The predicted molar refractivity (Wildman–Crippen MR) is 83.0 cm³/mol. The van der Waals surface area contributed by atoms with E-state index in [0.717, 1.165) is 11.1 Å². The van der Waals surface area contributed by atoms with E-state index in [1.807, 2.05) is 39.8 Å². The van der Waals surface area contributed by atoms with E-state index >= 15 is 0 Å². The van der Waals surface area contributed by atoms with Crippen molar-refractivity contribution in [2.75, 3.05) is 6.61 Å². The second-order valence-corrected chi connectivity index (χ2v) is 5.88. The van der Waals surface area contributed by atoms with Gasteiger partial charge in [0.25, 0.3) is 5.56 Å². The number of allylic oxidation sites excluding steroid dienone is 2. The Labute approximate surface area is 121 Å². The van der Waals surface area contributed by atoms with Crippen molar-refractivity contribution in [3.8, 4) is 5.75 Å². The number of H-pyrrole nitrogens is 1. The Morgan fingerprint density at radius 1 is 1.29 bits per heavy atom. The number of nitrogens with one attached hydrogen (secondary N) is 1.